The Hall–Kier alpha value is -4.02. The molecule has 9 nitrogen and oxygen atoms in total. The molecule has 3 aromatic rings. The third-order valence-electron chi connectivity index (χ3n) is 7.72. The second kappa shape index (κ2) is 11.7. The summed E-state index contributed by atoms with van der Waals surface area (Å²) < 4.78 is 30.5. The van der Waals surface area contributed by atoms with E-state index in [4.69, 9.17) is 15.8 Å². The van der Waals surface area contributed by atoms with E-state index in [1.807, 2.05) is 13.8 Å². The van der Waals surface area contributed by atoms with Crippen LogP contribution < -0.4 is 4.18 Å². The first-order valence-corrected chi connectivity index (χ1v) is 15.3. The van der Waals surface area contributed by atoms with Crippen LogP contribution in [0.5, 0.6) is 5.75 Å². The Kier molecular flexibility index (Phi) is 8.21. The monoisotopic (exact) mass is 608 g/mol. The number of halogens is 1. The molecule has 1 aliphatic carbocycles. The van der Waals surface area contributed by atoms with Gasteiger partial charge in [0.1, 0.15) is 17.2 Å². The van der Waals surface area contributed by atoms with Gasteiger partial charge in [0.15, 0.2) is 5.78 Å². The van der Waals surface area contributed by atoms with Crippen LogP contribution in [0.3, 0.4) is 0 Å². The Morgan fingerprint density at radius 3 is 2.12 bits per heavy atom. The summed E-state index contributed by atoms with van der Waals surface area (Å²) in [6, 6.07) is 17.5. The summed E-state index contributed by atoms with van der Waals surface area (Å²) in [5, 5.41) is 2.15. The Balaban J connectivity index is 1.38. The summed E-state index contributed by atoms with van der Waals surface area (Å²) in [4.78, 5) is 53.9. The summed E-state index contributed by atoms with van der Waals surface area (Å²) >= 11 is 5.98. The molecule has 2 aliphatic rings. The number of nitrogens with zero attached hydrogens (tertiary/aromatic N) is 2. The summed E-state index contributed by atoms with van der Waals surface area (Å²) in [6.07, 6.45) is 1.87. The van der Waals surface area contributed by atoms with Gasteiger partial charge in [0.25, 0.3) is 17.7 Å². The molecule has 218 valence electrons. The molecule has 2 fully saturated rings. The average molecular weight is 609 g/mol. The number of carbonyl (C=O) groups excluding carboxylic acids is 4. The summed E-state index contributed by atoms with van der Waals surface area (Å²) in [5.41, 5.74) is 1.18. The second-order valence-electron chi connectivity index (χ2n) is 10.8. The number of hydrogen-bond acceptors (Lipinski definition) is 7. The molecule has 0 aromatic heterocycles. The van der Waals surface area contributed by atoms with Gasteiger partial charge >= 0.3 is 10.1 Å². The van der Waals surface area contributed by atoms with E-state index in [9.17, 15) is 27.6 Å². The van der Waals surface area contributed by atoms with E-state index in [0.29, 0.717) is 17.9 Å². The Morgan fingerprint density at radius 2 is 1.48 bits per heavy atom. The van der Waals surface area contributed by atoms with Crippen LogP contribution in [0.1, 0.15) is 52.5 Å². The van der Waals surface area contributed by atoms with E-state index in [2.05, 4.69) is 0 Å². The molecule has 0 N–H and O–H groups in total. The Morgan fingerprint density at radius 1 is 0.881 bits per heavy atom. The highest BCUT2D eigenvalue weighted by Gasteiger charge is 2.52. The molecule has 3 amide bonds. The van der Waals surface area contributed by atoms with Gasteiger partial charge in [-0.3, -0.25) is 19.2 Å². The molecule has 0 radical (unpaired) electrons. The highest BCUT2D eigenvalue weighted by molar-refractivity contribution is 7.87. The van der Waals surface area contributed by atoms with Crippen molar-refractivity contribution < 1.29 is 31.8 Å². The fourth-order valence-electron chi connectivity index (χ4n) is 5.39. The number of Topliss-reactive ketones (excluding diaryl/α,β-unsaturated/α-hetero) is 1. The van der Waals surface area contributed by atoms with Crippen LogP contribution in [0.2, 0.25) is 5.02 Å². The van der Waals surface area contributed by atoms with Crippen molar-refractivity contribution in [2.75, 3.05) is 6.54 Å². The summed E-state index contributed by atoms with van der Waals surface area (Å²) in [6.45, 7) is 3.27. The first-order chi connectivity index (χ1) is 19.9. The lowest BCUT2D eigenvalue weighted by molar-refractivity contribution is -0.154. The van der Waals surface area contributed by atoms with Gasteiger partial charge in [-0.15, -0.1) is 0 Å². The number of hydrazine groups is 1. The van der Waals surface area contributed by atoms with Crippen LogP contribution >= 0.6 is 11.6 Å². The molecule has 11 heteroatoms. The number of amides is 3. The van der Waals surface area contributed by atoms with Gasteiger partial charge in [-0.25, -0.2) is 5.01 Å². The molecular formula is C31H29ClN2O7S. The predicted molar refractivity (Wildman–Crippen MR) is 154 cm³/mol. The highest BCUT2D eigenvalue weighted by atomic mass is 35.5. The van der Waals surface area contributed by atoms with Crippen LogP contribution in [0.25, 0.3) is 0 Å². The van der Waals surface area contributed by atoms with Crippen LogP contribution in [-0.2, 0) is 19.7 Å². The fourth-order valence-corrected chi connectivity index (χ4v) is 6.44. The summed E-state index contributed by atoms with van der Waals surface area (Å²) in [7, 11) is -4.09. The second-order valence-corrected chi connectivity index (χ2v) is 12.8. The number of rotatable bonds is 8. The molecule has 0 unspecified atom stereocenters. The third kappa shape index (κ3) is 5.96. The number of imide groups is 1. The number of benzene rings is 3. The Labute approximate surface area is 249 Å². The van der Waals surface area contributed by atoms with E-state index < -0.39 is 52.0 Å². The van der Waals surface area contributed by atoms with Gasteiger partial charge < -0.3 is 4.18 Å². The van der Waals surface area contributed by atoms with Crippen LogP contribution in [0.15, 0.2) is 77.7 Å². The molecule has 1 saturated heterocycles. The zero-order valence-corrected chi connectivity index (χ0v) is 24.6. The molecule has 3 aromatic carbocycles. The lowest BCUT2D eigenvalue weighted by Crippen LogP contribution is -2.52. The first kappa shape index (κ1) is 29.5. The van der Waals surface area contributed by atoms with Crippen molar-refractivity contribution in [2.24, 2.45) is 17.8 Å². The van der Waals surface area contributed by atoms with Gasteiger partial charge in [-0.1, -0.05) is 36.2 Å². The Bertz CT molecular complexity index is 1640. The van der Waals surface area contributed by atoms with Gasteiger partial charge in [0.05, 0.1) is 11.8 Å². The zero-order chi connectivity index (χ0) is 30.2. The minimum absolute atomic E-state index is 0.00989. The highest BCUT2D eigenvalue weighted by Crippen LogP contribution is 2.41. The number of hydrogen-bond donors (Lipinski definition) is 0. The predicted octanol–water partition coefficient (Wildman–Crippen LogP) is 5.08. The molecule has 0 bridgehead atoms. The van der Waals surface area contributed by atoms with Crippen molar-refractivity contribution in [1.82, 2.24) is 10.0 Å². The molecule has 3 atom stereocenters. The molecule has 1 aliphatic heterocycles. The summed E-state index contributed by atoms with van der Waals surface area (Å²) in [5.74, 6) is -3.05. The largest absolute Gasteiger partial charge is 0.379 e. The minimum atomic E-state index is -4.09. The van der Waals surface area contributed by atoms with Crippen molar-refractivity contribution in [3.8, 4) is 5.75 Å². The van der Waals surface area contributed by atoms with Gasteiger partial charge in [-0.05, 0) is 92.8 Å². The van der Waals surface area contributed by atoms with Crippen molar-refractivity contribution in [2.45, 2.75) is 38.0 Å². The molecule has 5 rings (SSSR count). The van der Waals surface area contributed by atoms with E-state index >= 15 is 0 Å². The standard InChI is InChI=1S/C31H29ClN2O7S/c1-19-3-14-25(15-4-19)42(39,40)41-24-12-8-21(9-13-24)28(35)18-33(29(36)22-6-10-23(32)11-7-22)34-30(37)26-16-5-20(2)17-27(26)31(34)38/h3-4,6-15,20,26-27H,5,16-18H2,1-2H3/t20-,26-,27-/m1/s1. The topological polar surface area (TPSA) is 118 Å². The van der Waals surface area contributed by atoms with Gasteiger partial charge in [-0.2, -0.15) is 13.4 Å². The maximum atomic E-state index is 13.6. The zero-order valence-electron chi connectivity index (χ0n) is 23.0. The van der Waals surface area contributed by atoms with Crippen molar-refractivity contribution in [1.29, 1.82) is 0 Å². The molecule has 42 heavy (non-hydrogen) atoms. The number of carbonyl (C=O) groups is 4. The van der Waals surface area contributed by atoms with E-state index in [0.717, 1.165) is 22.0 Å². The third-order valence-corrected chi connectivity index (χ3v) is 9.23. The molecule has 1 heterocycles. The van der Waals surface area contributed by atoms with Crippen LogP contribution in [0, 0.1) is 24.7 Å². The van der Waals surface area contributed by atoms with Crippen molar-refractivity contribution in [3.05, 3.63) is 94.5 Å². The van der Waals surface area contributed by atoms with E-state index in [-0.39, 0.29) is 27.7 Å². The fraction of sp³-hybridized carbons (Fsp3) is 0.290. The van der Waals surface area contributed by atoms with Crippen molar-refractivity contribution >= 4 is 45.2 Å². The van der Waals surface area contributed by atoms with Gasteiger partial charge in [0, 0.05) is 16.1 Å². The van der Waals surface area contributed by atoms with E-state index in [1.165, 1.54) is 60.7 Å². The van der Waals surface area contributed by atoms with Crippen LogP contribution in [0.4, 0.5) is 0 Å². The van der Waals surface area contributed by atoms with Gasteiger partial charge in [0.2, 0.25) is 0 Å². The number of ketones is 1. The molecular weight excluding hydrogens is 580 g/mol. The van der Waals surface area contributed by atoms with Crippen LogP contribution in [-0.4, -0.2) is 48.5 Å². The SMILES string of the molecule is Cc1ccc(S(=O)(=O)Oc2ccc(C(=O)CN(C(=O)c3ccc(Cl)cc3)N3C(=O)[C@@H]4CC[C@@H](C)C[C@H]4C3=O)cc2)cc1. The maximum absolute atomic E-state index is 13.6. The number of aryl methyl sites for hydroxylation is 1. The normalized spacial score (nSPS) is 20.3. The lowest BCUT2D eigenvalue weighted by atomic mass is 9.76. The van der Waals surface area contributed by atoms with Crippen molar-refractivity contribution in [3.63, 3.8) is 0 Å². The first-order valence-electron chi connectivity index (χ1n) is 13.5. The van der Waals surface area contributed by atoms with E-state index in [1.54, 1.807) is 12.1 Å². The lowest BCUT2D eigenvalue weighted by Gasteiger charge is -2.30. The quantitative estimate of drug-likeness (QED) is 0.199. The maximum Gasteiger partial charge on any atom is 0.339 e. The molecule has 1 saturated carbocycles. The molecule has 0 spiro atoms. The number of fused-ring (bicyclic) bond motifs is 1. The average Bonchev–Trinajstić information content (AvgIpc) is 3.20. The smallest absolute Gasteiger partial charge is 0.339 e. The minimum Gasteiger partial charge on any atom is -0.379 e.